The number of hydrogen-bond acceptors (Lipinski definition) is 3. The average molecular weight is 336 g/mol. The molecule has 0 spiro atoms. The molecule has 1 aliphatic rings. The molecule has 1 aliphatic heterocycles. The monoisotopic (exact) mass is 336 g/mol. The van der Waals surface area contributed by atoms with Crippen molar-refractivity contribution >= 4 is 11.7 Å². The van der Waals surface area contributed by atoms with E-state index in [-0.39, 0.29) is 17.8 Å². The maximum absolute atomic E-state index is 12.2. The fourth-order valence-electron chi connectivity index (χ4n) is 3.22. The van der Waals surface area contributed by atoms with Crippen LogP contribution in [-0.4, -0.2) is 24.3 Å². The van der Waals surface area contributed by atoms with Gasteiger partial charge in [0.2, 0.25) is 5.91 Å². The third kappa shape index (κ3) is 4.25. The summed E-state index contributed by atoms with van der Waals surface area (Å²) in [5.41, 5.74) is 10.6. The molecule has 0 aromatic heterocycles. The predicted octanol–water partition coefficient (Wildman–Crippen LogP) is 2.31. The second-order valence-electron chi connectivity index (χ2n) is 6.57. The van der Waals surface area contributed by atoms with Gasteiger partial charge in [0.1, 0.15) is 5.84 Å². The van der Waals surface area contributed by atoms with E-state index in [0.29, 0.717) is 12.1 Å². The highest BCUT2D eigenvalue weighted by Gasteiger charge is 2.21. The lowest BCUT2D eigenvalue weighted by molar-refractivity contribution is -0.122. The molecule has 1 amide bonds. The van der Waals surface area contributed by atoms with Crippen LogP contribution in [0.15, 0.2) is 42.5 Å². The van der Waals surface area contributed by atoms with E-state index < -0.39 is 0 Å². The zero-order valence-electron chi connectivity index (χ0n) is 14.4. The summed E-state index contributed by atoms with van der Waals surface area (Å²) in [5, 5.41) is 13.8. The zero-order chi connectivity index (χ0) is 17.8. The minimum absolute atomic E-state index is 0.0588. The van der Waals surface area contributed by atoms with Gasteiger partial charge in [0.05, 0.1) is 6.04 Å². The van der Waals surface area contributed by atoms with Crippen molar-refractivity contribution in [3.05, 3.63) is 59.2 Å². The minimum atomic E-state index is -0.0588. The first-order valence-electron chi connectivity index (χ1n) is 8.59. The smallest absolute Gasteiger partial charge is 0.237 e. The van der Waals surface area contributed by atoms with Gasteiger partial charge in [-0.25, -0.2) is 0 Å². The summed E-state index contributed by atoms with van der Waals surface area (Å²) < 4.78 is 0. The molecule has 5 nitrogen and oxygen atoms in total. The normalized spacial score (nSPS) is 16.6. The van der Waals surface area contributed by atoms with Gasteiger partial charge in [-0.15, -0.1) is 0 Å². The second kappa shape index (κ2) is 7.49. The molecule has 0 bridgehead atoms. The first-order chi connectivity index (χ1) is 12.0. The molecule has 2 aromatic carbocycles. The standard InChI is InChI=1S/C20H24N4O/c1-13-8-14(12-24-20(25)18-6-3-7-23-18)10-17(9-13)15-4-2-5-16(11-15)19(21)22/h2,4-5,8-11,18,23H,3,6-7,12H2,1H3,(H3,21,22)(H,24,25)/t18-/m1/s1. The van der Waals surface area contributed by atoms with Gasteiger partial charge in [-0.3, -0.25) is 10.2 Å². The van der Waals surface area contributed by atoms with Crippen molar-refractivity contribution in [1.29, 1.82) is 5.41 Å². The van der Waals surface area contributed by atoms with Crippen LogP contribution in [0.3, 0.4) is 0 Å². The molecule has 1 fully saturated rings. The molecule has 2 aromatic rings. The number of hydrogen-bond donors (Lipinski definition) is 4. The SMILES string of the molecule is Cc1cc(CNC(=O)[C@H]2CCCN2)cc(-c2cccc(C(=N)N)c2)c1. The summed E-state index contributed by atoms with van der Waals surface area (Å²) in [6.07, 6.45) is 1.96. The second-order valence-corrected chi connectivity index (χ2v) is 6.57. The predicted molar refractivity (Wildman–Crippen MR) is 101 cm³/mol. The largest absolute Gasteiger partial charge is 0.384 e. The number of amidine groups is 1. The van der Waals surface area contributed by atoms with Crippen LogP contribution in [0.2, 0.25) is 0 Å². The minimum Gasteiger partial charge on any atom is -0.384 e. The van der Waals surface area contributed by atoms with Gasteiger partial charge in [-0.1, -0.05) is 35.9 Å². The third-order valence-corrected chi connectivity index (χ3v) is 4.49. The van der Waals surface area contributed by atoms with E-state index in [1.165, 1.54) is 0 Å². The number of nitrogens with two attached hydrogens (primary N) is 1. The summed E-state index contributed by atoms with van der Waals surface area (Å²) in [4.78, 5) is 12.2. The van der Waals surface area contributed by atoms with Crippen LogP contribution < -0.4 is 16.4 Å². The lowest BCUT2D eigenvalue weighted by Crippen LogP contribution is -2.40. The quantitative estimate of drug-likeness (QED) is 0.499. The van der Waals surface area contributed by atoms with Gasteiger partial charge in [-0.05, 0) is 55.1 Å². The van der Waals surface area contributed by atoms with Crippen LogP contribution in [0.25, 0.3) is 11.1 Å². The van der Waals surface area contributed by atoms with Crippen molar-refractivity contribution < 1.29 is 4.79 Å². The molecule has 5 N–H and O–H groups in total. The Balaban J connectivity index is 1.77. The fraction of sp³-hybridized carbons (Fsp3) is 0.300. The highest BCUT2D eigenvalue weighted by Crippen LogP contribution is 2.23. The molecule has 1 heterocycles. The molecule has 0 radical (unpaired) electrons. The van der Waals surface area contributed by atoms with Crippen molar-refractivity contribution in [2.45, 2.75) is 32.4 Å². The molecule has 130 valence electrons. The number of benzene rings is 2. The zero-order valence-corrected chi connectivity index (χ0v) is 14.4. The molecule has 0 saturated carbocycles. The Morgan fingerprint density at radius 2 is 2.12 bits per heavy atom. The van der Waals surface area contributed by atoms with Crippen LogP contribution in [0, 0.1) is 12.3 Å². The highest BCUT2D eigenvalue weighted by molar-refractivity contribution is 5.96. The Morgan fingerprint density at radius 3 is 2.84 bits per heavy atom. The maximum Gasteiger partial charge on any atom is 0.237 e. The molecule has 0 aliphatic carbocycles. The van der Waals surface area contributed by atoms with Crippen molar-refractivity contribution in [2.24, 2.45) is 5.73 Å². The summed E-state index contributed by atoms with van der Waals surface area (Å²) in [5.74, 6) is 0.130. The van der Waals surface area contributed by atoms with Crippen LogP contribution in [0.5, 0.6) is 0 Å². The number of nitrogens with one attached hydrogen (secondary N) is 3. The number of nitrogen functional groups attached to an aromatic ring is 1. The molecule has 3 rings (SSSR count). The topological polar surface area (TPSA) is 91.0 Å². The van der Waals surface area contributed by atoms with E-state index in [0.717, 1.165) is 41.6 Å². The molecule has 1 saturated heterocycles. The first-order valence-corrected chi connectivity index (χ1v) is 8.59. The summed E-state index contributed by atoms with van der Waals surface area (Å²) >= 11 is 0. The van der Waals surface area contributed by atoms with Gasteiger partial charge >= 0.3 is 0 Å². The van der Waals surface area contributed by atoms with Crippen LogP contribution >= 0.6 is 0 Å². The van der Waals surface area contributed by atoms with E-state index in [2.05, 4.69) is 28.8 Å². The summed E-state index contributed by atoms with van der Waals surface area (Å²) in [6.45, 7) is 3.47. The molecule has 1 atom stereocenters. The van der Waals surface area contributed by atoms with Crippen molar-refractivity contribution in [1.82, 2.24) is 10.6 Å². The Hall–Kier alpha value is -2.66. The number of rotatable bonds is 5. The van der Waals surface area contributed by atoms with Crippen LogP contribution in [0.4, 0.5) is 0 Å². The van der Waals surface area contributed by atoms with E-state index in [4.69, 9.17) is 11.1 Å². The van der Waals surface area contributed by atoms with Gasteiger partial charge in [0.15, 0.2) is 0 Å². The fourth-order valence-corrected chi connectivity index (χ4v) is 3.22. The van der Waals surface area contributed by atoms with Gasteiger partial charge < -0.3 is 16.4 Å². The van der Waals surface area contributed by atoms with Crippen molar-refractivity contribution in [3.8, 4) is 11.1 Å². The van der Waals surface area contributed by atoms with Gasteiger partial charge in [-0.2, -0.15) is 0 Å². The lowest BCUT2D eigenvalue weighted by Gasteiger charge is -2.13. The first kappa shape index (κ1) is 17.2. The van der Waals surface area contributed by atoms with Gasteiger partial charge in [0.25, 0.3) is 0 Å². The van der Waals surface area contributed by atoms with E-state index in [1.54, 1.807) is 0 Å². The molecular weight excluding hydrogens is 312 g/mol. The van der Waals surface area contributed by atoms with Gasteiger partial charge in [0, 0.05) is 12.1 Å². The van der Waals surface area contributed by atoms with Crippen molar-refractivity contribution in [2.75, 3.05) is 6.54 Å². The van der Waals surface area contributed by atoms with E-state index in [1.807, 2.05) is 31.2 Å². The Labute approximate surface area is 148 Å². The number of carbonyl (C=O) groups excluding carboxylic acids is 1. The average Bonchev–Trinajstić information content (AvgIpc) is 3.14. The number of amides is 1. The molecule has 0 unspecified atom stereocenters. The van der Waals surface area contributed by atoms with E-state index >= 15 is 0 Å². The highest BCUT2D eigenvalue weighted by atomic mass is 16.2. The Kier molecular flexibility index (Phi) is 5.14. The van der Waals surface area contributed by atoms with Crippen LogP contribution in [-0.2, 0) is 11.3 Å². The third-order valence-electron chi connectivity index (χ3n) is 4.49. The number of carbonyl (C=O) groups is 1. The Bertz CT molecular complexity index is 794. The van der Waals surface area contributed by atoms with E-state index in [9.17, 15) is 4.79 Å². The summed E-state index contributed by atoms with van der Waals surface area (Å²) in [7, 11) is 0. The lowest BCUT2D eigenvalue weighted by atomic mass is 9.98. The molecule has 5 heteroatoms. The summed E-state index contributed by atoms with van der Waals surface area (Å²) in [6, 6.07) is 13.9. The molecular formula is C20H24N4O. The number of aryl methyl sites for hydroxylation is 1. The van der Waals surface area contributed by atoms with Crippen LogP contribution in [0.1, 0.15) is 29.5 Å². The molecule has 25 heavy (non-hydrogen) atoms. The maximum atomic E-state index is 12.2. The Morgan fingerprint density at radius 1 is 1.28 bits per heavy atom. The van der Waals surface area contributed by atoms with Crippen molar-refractivity contribution in [3.63, 3.8) is 0 Å².